The minimum Gasteiger partial charge on any atom is -0.391 e. The van der Waals surface area contributed by atoms with Crippen molar-refractivity contribution in [3.8, 4) is 0 Å². The summed E-state index contributed by atoms with van der Waals surface area (Å²) in [6, 6.07) is 29.6. The summed E-state index contributed by atoms with van der Waals surface area (Å²) < 4.78 is 18.7. The quantitative estimate of drug-likeness (QED) is 0.490. The van der Waals surface area contributed by atoms with Gasteiger partial charge in [-0.1, -0.05) is 91.0 Å². The number of aliphatic hydroxyl groups excluding tert-OH is 1. The molecule has 174 valence electrons. The fraction of sp³-hybridized carbons (Fsp3) is 0.357. The number of hydrogen-bond acceptors (Lipinski definition) is 5. The normalized spacial score (nSPS) is 25.1. The van der Waals surface area contributed by atoms with Crippen molar-refractivity contribution in [2.24, 2.45) is 11.7 Å². The Balaban J connectivity index is 1.46. The lowest BCUT2D eigenvalue weighted by atomic mass is 9.79. The van der Waals surface area contributed by atoms with Crippen molar-refractivity contribution >= 4 is 0 Å². The standard InChI is InChI=1S/C28H33NO4/c29-26-25(30)16-24(20-31-17-21-10-4-1-5-11-21)27(32-18-22-12-6-2-7-13-22)28(26)33-19-23-14-8-3-9-15-23/h1-15,24-28,30H,16-20,29H2/t24?,25-,26+,27-,28-/m0/s1. The predicted molar refractivity (Wildman–Crippen MR) is 128 cm³/mol. The van der Waals surface area contributed by atoms with E-state index in [1.165, 1.54) is 0 Å². The first kappa shape index (κ1) is 23.6. The highest BCUT2D eigenvalue weighted by Gasteiger charge is 2.44. The topological polar surface area (TPSA) is 73.9 Å². The van der Waals surface area contributed by atoms with Crippen LogP contribution in [0.3, 0.4) is 0 Å². The zero-order valence-corrected chi connectivity index (χ0v) is 18.8. The van der Waals surface area contributed by atoms with Crippen LogP contribution in [0.5, 0.6) is 0 Å². The molecule has 0 aromatic heterocycles. The molecule has 0 bridgehead atoms. The van der Waals surface area contributed by atoms with Gasteiger partial charge >= 0.3 is 0 Å². The molecule has 4 rings (SSSR count). The van der Waals surface area contributed by atoms with Gasteiger partial charge in [0, 0.05) is 5.92 Å². The maximum absolute atomic E-state index is 10.7. The van der Waals surface area contributed by atoms with Gasteiger partial charge in [0.2, 0.25) is 0 Å². The van der Waals surface area contributed by atoms with E-state index >= 15 is 0 Å². The molecule has 3 N–H and O–H groups in total. The molecule has 0 heterocycles. The molecule has 33 heavy (non-hydrogen) atoms. The zero-order chi connectivity index (χ0) is 22.9. The van der Waals surface area contributed by atoms with E-state index in [1.54, 1.807) is 0 Å². The Morgan fingerprint density at radius 2 is 1.12 bits per heavy atom. The van der Waals surface area contributed by atoms with Gasteiger partial charge < -0.3 is 25.1 Å². The number of nitrogens with two attached hydrogens (primary N) is 1. The summed E-state index contributed by atoms with van der Waals surface area (Å²) in [5.41, 5.74) is 9.69. The average molecular weight is 448 g/mol. The minimum absolute atomic E-state index is 0.0343. The van der Waals surface area contributed by atoms with E-state index in [-0.39, 0.29) is 12.0 Å². The van der Waals surface area contributed by atoms with E-state index in [0.29, 0.717) is 32.8 Å². The molecular formula is C28H33NO4. The average Bonchev–Trinajstić information content (AvgIpc) is 2.86. The maximum Gasteiger partial charge on any atom is 0.102 e. The lowest BCUT2D eigenvalue weighted by Gasteiger charge is -2.43. The van der Waals surface area contributed by atoms with Gasteiger partial charge in [0.15, 0.2) is 0 Å². The van der Waals surface area contributed by atoms with Crippen LogP contribution in [0.25, 0.3) is 0 Å². The van der Waals surface area contributed by atoms with Gasteiger partial charge in [0.05, 0.1) is 44.7 Å². The Hall–Kier alpha value is -2.54. The molecule has 5 atom stereocenters. The van der Waals surface area contributed by atoms with Crippen LogP contribution in [0.2, 0.25) is 0 Å². The van der Waals surface area contributed by atoms with E-state index in [9.17, 15) is 5.11 Å². The van der Waals surface area contributed by atoms with Crippen LogP contribution in [0, 0.1) is 5.92 Å². The van der Waals surface area contributed by atoms with Gasteiger partial charge in [-0.05, 0) is 23.1 Å². The molecule has 0 aliphatic heterocycles. The molecular weight excluding hydrogens is 414 g/mol. The third kappa shape index (κ3) is 6.73. The van der Waals surface area contributed by atoms with Crippen LogP contribution in [0.1, 0.15) is 23.1 Å². The molecule has 3 aromatic rings. The van der Waals surface area contributed by atoms with Crippen LogP contribution in [-0.2, 0) is 34.0 Å². The van der Waals surface area contributed by atoms with Gasteiger partial charge in [0.25, 0.3) is 0 Å². The Kier molecular flexibility index (Phi) is 8.64. The molecule has 0 radical (unpaired) electrons. The van der Waals surface area contributed by atoms with Crippen molar-refractivity contribution in [2.45, 2.75) is 50.6 Å². The van der Waals surface area contributed by atoms with E-state index in [1.807, 2.05) is 91.0 Å². The Labute approximate surface area is 196 Å². The Bertz CT molecular complexity index is 938. The van der Waals surface area contributed by atoms with Crippen molar-refractivity contribution in [1.29, 1.82) is 0 Å². The second-order valence-corrected chi connectivity index (χ2v) is 8.66. The fourth-order valence-electron chi connectivity index (χ4n) is 4.34. The van der Waals surface area contributed by atoms with E-state index in [0.717, 1.165) is 16.7 Å². The molecule has 1 aliphatic rings. The largest absolute Gasteiger partial charge is 0.391 e. The van der Waals surface area contributed by atoms with Gasteiger partial charge in [0.1, 0.15) is 6.10 Å². The molecule has 0 saturated heterocycles. The maximum atomic E-state index is 10.7. The SMILES string of the molecule is N[C@H]1[C@H](OCc2ccccc2)[C@@H](OCc2ccccc2)C(COCc2ccccc2)C[C@@H]1O. The monoisotopic (exact) mass is 447 g/mol. The molecule has 5 nitrogen and oxygen atoms in total. The number of ether oxygens (including phenoxy) is 3. The van der Waals surface area contributed by atoms with Crippen LogP contribution >= 0.6 is 0 Å². The van der Waals surface area contributed by atoms with E-state index in [2.05, 4.69) is 0 Å². The second-order valence-electron chi connectivity index (χ2n) is 8.66. The van der Waals surface area contributed by atoms with Gasteiger partial charge in [-0.15, -0.1) is 0 Å². The van der Waals surface area contributed by atoms with Crippen LogP contribution in [0.4, 0.5) is 0 Å². The predicted octanol–water partition coefficient (Wildman–Crippen LogP) is 4.08. The first-order chi connectivity index (χ1) is 16.2. The summed E-state index contributed by atoms with van der Waals surface area (Å²) in [6.07, 6.45) is -0.889. The first-order valence-electron chi connectivity index (χ1n) is 11.6. The van der Waals surface area contributed by atoms with Crippen LogP contribution < -0.4 is 5.73 Å². The summed E-state index contributed by atoms with van der Waals surface area (Å²) in [6.45, 7) is 1.84. The van der Waals surface area contributed by atoms with Gasteiger partial charge in [-0.3, -0.25) is 0 Å². The third-order valence-electron chi connectivity index (χ3n) is 6.17. The highest BCUT2D eigenvalue weighted by atomic mass is 16.5. The van der Waals surface area contributed by atoms with Crippen molar-refractivity contribution in [2.75, 3.05) is 6.61 Å². The third-order valence-corrected chi connectivity index (χ3v) is 6.17. The van der Waals surface area contributed by atoms with Gasteiger partial charge in [-0.25, -0.2) is 0 Å². The van der Waals surface area contributed by atoms with Crippen molar-refractivity contribution in [3.05, 3.63) is 108 Å². The minimum atomic E-state index is -0.673. The summed E-state index contributed by atoms with van der Waals surface area (Å²) in [5.74, 6) is -0.0343. The number of aliphatic hydroxyl groups is 1. The molecule has 1 aliphatic carbocycles. The van der Waals surface area contributed by atoms with Crippen molar-refractivity contribution < 1.29 is 19.3 Å². The van der Waals surface area contributed by atoms with E-state index < -0.39 is 18.2 Å². The lowest BCUT2D eigenvalue weighted by molar-refractivity contribution is -0.169. The highest BCUT2D eigenvalue weighted by Crippen LogP contribution is 2.31. The van der Waals surface area contributed by atoms with Crippen molar-refractivity contribution in [3.63, 3.8) is 0 Å². The smallest absolute Gasteiger partial charge is 0.102 e. The first-order valence-corrected chi connectivity index (χ1v) is 11.6. The Morgan fingerprint density at radius 1 is 0.667 bits per heavy atom. The summed E-state index contributed by atoms with van der Waals surface area (Å²) >= 11 is 0. The fourth-order valence-corrected chi connectivity index (χ4v) is 4.34. The molecule has 3 aromatic carbocycles. The molecule has 5 heteroatoms. The number of benzene rings is 3. The summed E-state index contributed by atoms with van der Waals surface area (Å²) in [4.78, 5) is 0. The molecule has 0 amide bonds. The molecule has 1 saturated carbocycles. The lowest BCUT2D eigenvalue weighted by Crippen LogP contribution is -2.60. The highest BCUT2D eigenvalue weighted by molar-refractivity contribution is 5.15. The Morgan fingerprint density at radius 3 is 1.64 bits per heavy atom. The summed E-state index contributed by atoms with van der Waals surface area (Å²) in [7, 11) is 0. The van der Waals surface area contributed by atoms with Crippen LogP contribution in [0.15, 0.2) is 91.0 Å². The van der Waals surface area contributed by atoms with Gasteiger partial charge in [-0.2, -0.15) is 0 Å². The van der Waals surface area contributed by atoms with E-state index in [4.69, 9.17) is 19.9 Å². The van der Waals surface area contributed by atoms with Crippen molar-refractivity contribution in [1.82, 2.24) is 0 Å². The van der Waals surface area contributed by atoms with Crippen LogP contribution in [-0.4, -0.2) is 36.1 Å². The molecule has 0 spiro atoms. The second kappa shape index (κ2) is 12.1. The summed E-state index contributed by atoms with van der Waals surface area (Å²) in [5, 5.41) is 10.7. The number of hydrogen-bond donors (Lipinski definition) is 2. The molecule has 1 fully saturated rings. The number of rotatable bonds is 10. The molecule has 1 unspecified atom stereocenters. The zero-order valence-electron chi connectivity index (χ0n) is 18.8.